The van der Waals surface area contributed by atoms with Crippen molar-refractivity contribution in [3.05, 3.63) is 97.6 Å². The van der Waals surface area contributed by atoms with Gasteiger partial charge in [0.15, 0.2) is 0 Å². The third-order valence-electron chi connectivity index (χ3n) is 5.67. The average Bonchev–Trinajstić information content (AvgIpc) is 2.79. The second-order valence-electron chi connectivity index (χ2n) is 7.80. The summed E-state index contributed by atoms with van der Waals surface area (Å²) in [5, 5.41) is 2.33. The Labute approximate surface area is 191 Å². The number of fused-ring (bicyclic) bond motifs is 2. The van der Waals surface area contributed by atoms with Gasteiger partial charge in [0.1, 0.15) is 0 Å². The van der Waals surface area contributed by atoms with E-state index in [2.05, 4.69) is 74.5 Å². The predicted octanol–water partition coefficient (Wildman–Crippen LogP) is 6.61. The summed E-state index contributed by atoms with van der Waals surface area (Å²) >= 11 is 1.80. The lowest BCUT2D eigenvalue weighted by atomic mass is 9.90. The molecule has 2 aromatic rings. The summed E-state index contributed by atoms with van der Waals surface area (Å²) in [6, 6.07) is 13.1. The van der Waals surface area contributed by atoms with Gasteiger partial charge in [-0.1, -0.05) is 47.7 Å². The molecule has 31 heavy (non-hydrogen) atoms. The number of nitrogens with zero attached hydrogens (tertiary/aromatic N) is 2. The van der Waals surface area contributed by atoms with Crippen molar-refractivity contribution < 1.29 is 0 Å². The van der Waals surface area contributed by atoms with Crippen molar-refractivity contribution in [1.82, 2.24) is 0 Å². The molecule has 0 saturated carbocycles. The largest absolute Gasteiger partial charge is 0.364 e. The van der Waals surface area contributed by atoms with Gasteiger partial charge in [0.05, 0.1) is 11.0 Å². The van der Waals surface area contributed by atoms with Crippen LogP contribution in [0.1, 0.15) is 26.2 Å². The zero-order valence-corrected chi connectivity index (χ0v) is 19.3. The molecular weight excluding hydrogens is 396 g/mol. The maximum atomic E-state index is 4.91. The molecule has 1 aliphatic heterocycles. The number of anilines is 1. The molecule has 1 atom stereocenters. The Morgan fingerprint density at radius 3 is 2.42 bits per heavy atom. The zero-order valence-electron chi connectivity index (χ0n) is 18.5. The van der Waals surface area contributed by atoms with Crippen LogP contribution in [0, 0.1) is 5.92 Å². The number of hydrogen-bond acceptors (Lipinski definition) is 3. The third-order valence-corrected chi connectivity index (χ3v) is 6.76. The average molecular weight is 429 g/mol. The van der Waals surface area contributed by atoms with Gasteiger partial charge in [-0.25, -0.2) is 4.99 Å². The van der Waals surface area contributed by atoms with Crippen LogP contribution in [-0.4, -0.2) is 13.1 Å². The van der Waals surface area contributed by atoms with Crippen LogP contribution in [-0.2, 0) is 0 Å². The molecule has 0 fully saturated rings. The van der Waals surface area contributed by atoms with E-state index in [1.807, 2.05) is 24.3 Å². The highest BCUT2D eigenvalue weighted by Crippen LogP contribution is 2.38. The predicted molar refractivity (Wildman–Crippen MR) is 137 cm³/mol. The van der Waals surface area contributed by atoms with E-state index in [-0.39, 0.29) is 0 Å². The lowest BCUT2D eigenvalue weighted by Gasteiger charge is -2.23. The monoisotopic (exact) mass is 428 g/mol. The molecule has 0 spiro atoms. The van der Waals surface area contributed by atoms with Crippen LogP contribution in [0.2, 0.25) is 0 Å². The second-order valence-corrected chi connectivity index (χ2v) is 8.88. The normalized spacial score (nSPS) is 13.7. The standard InChI is InChI=1S/C28H32N2S/c1-6-10-12-22(11-7-2)21(5)23-13-15-25-27(19-23)31-28-20-24(14-16-26(28)29-25)30(17-8-3)18-9-4/h6-9,13-16,19-20,22H,1-4,10-12,17-18H2,5H3. The Bertz CT molecular complexity index is 1090. The van der Waals surface area contributed by atoms with Crippen molar-refractivity contribution in [3.63, 3.8) is 0 Å². The van der Waals surface area contributed by atoms with Gasteiger partial charge in [-0.15, -0.1) is 26.3 Å². The van der Waals surface area contributed by atoms with Crippen molar-refractivity contribution in [2.45, 2.75) is 36.0 Å². The highest BCUT2D eigenvalue weighted by Gasteiger charge is 2.15. The Hall–Kier alpha value is -2.78. The van der Waals surface area contributed by atoms with E-state index in [9.17, 15) is 0 Å². The van der Waals surface area contributed by atoms with Gasteiger partial charge in [0, 0.05) is 28.6 Å². The van der Waals surface area contributed by atoms with Crippen LogP contribution in [0.5, 0.6) is 0 Å². The molecule has 1 unspecified atom stereocenters. The molecule has 0 saturated heterocycles. The summed E-state index contributed by atoms with van der Waals surface area (Å²) in [6.07, 6.45) is 11.0. The zero-order chi connectivity index (χ0) is 22.2. The third kappa shape index (κ3) is 5.48. The second kappa shape index (κ2) is 11.0. The van der Waals surface area contributed by atoms with Gasteiger partial charge in [-0.3, -0.25) is 0 Å². The summed E-state index contributed by atoms with van der Waals surface area (Å²) < 4.78 is 0. The lowest BCUT2D eigenvalue weighted by Crippen LogP contribution is -2.23. The first-order valence-corrected chi connectivity index (χ1v) is 11.6. The number of benzene rings is 2. The minimum atomic E-state index is 0.490. The van der Waals surface area contributed by atoms with Gasteiger partial charge < -0.3 is 4.90 Å². The number of hydrogen-bond donors (Lipinski definition) is 0. The molecule has 3 rings (SSSR count). The van der Waals surface area contributed by atoms with Gasteiger partial charge in [-0.2, -0.15) is 0 Å². The van der Waals surface area contributed by atoms with Crippen LogP contribution < -0.4 is 15.5 Å². The topological polar surface area (TPSA) is 15.6 Å². The molecule has 2 nitrogen and oxygen atoms in total. The Morgan fingerprint density at radius 1 is 0.968 bits per heavy atom. The molecular formula is C28H32N2S. The summed E-state index contributed by atoms with van der Waals surface area (Å²) in [6.45, 7) is 19.4. The molecule has 0 aliphatic carbocycles. The Kier molecular flexibility index (Phi) is 8.13. The van der Waals surface area contributed by atoms with E-state index in [1.54, 1.807) is 11.8 Å². The fraction of sp³-hybridized carbons (Fsp3) is 0.250. The molecule has 1 heterocycles. The molecule has 0 aromatic heterocycles. The lowest BCUT2D eigenvalue weighted by molar-refractivity contribution is 0.617. The number of allylic oxidation sites excluding steroid dienone is 2. The van der Waals surface area contributed by atoms with Crippen molar-refractivity contribution in [2.24, 2.45) is 10.9 Å². The first-order chi connectivity index (χ1) is 15.1. The Balaban J connectivity index is 1.98. The summed E-state index contributed by atoms with van der Waals surface area (Å²) in [7, 11) is 0. The molecule has 0 N–H and O–H groups in total. The van der Waals surface area contributed by atoms with Crippen LogP contribution in [0.15, 0.2) is 102 Å². The summed E-state index contributed by atoms with van der Waals surface area (Å²) in [5.74, 6) is 0.490. The van der Waals surface area contributed by atoms with Crippen molar-refractivity contribution in [2.75, 3.05) is 18.0 Å². The van der Waals surface area contributed by atoms with Gasteiger partial charge >= 0.3 is 0 Å². The molecule has 1 aliphatic rings. The fourth-order valence-corrected chi connectivity index (χ4v) is 4.96. The van der Waals surface area contributed by atoms with E-state index in [1.165, 1.54) is 26.3 Å². The van der Waals surface area contributed by atoms with Crippen molar-refractivity contribution in [1.29, 1.82) is 0 Å². The molecule has 160 valence electrons. The van der Waals surface area contributed by atoms with Crippen LogP contribution in [0.4, 0.5) is 11.4 Å². The molecule has 0 radical (unpaired) electrons. The van der Waals surface area contributed by atoms with E-state index in [0.717, 1.165) is 43.4 Å². The SMILES string of the molecule is C=CCCC(CC=C)C(C)=c1ccc2c(c1)Sc1cc(N(CC=C)CC=C)ccc1N=2. The highest BCUT2D eigenvalue weighted by atomic mass is 32.2. The fourth-order valence-electron chi connectivity index (χ4n) is 3.92. The quantitative estimate of drug-likeness (QED) is 0.319. The Morgan fingerprint density at radius 2 is 1.74 bits per heavy atom. The number of rotatable bonds is 11. The van der Waals surface area contributed by atoms with E-state index < -0.39 is 0 Å². The van der Waals surface area contributed by atoms with Crippen molar-refractivity contribution in [3.8, 4) is 0 Å². The van der Waals surface area contributed by atoms with Gasteiger partial charge in [0.25, 0.3) is 0 Å². The maximum absolute atomic E-state index is 4.91. The molecule has 3 heteroatoms. The molecule has 0 bridgehead atoms. The minimum Gasteiger partial charge on any atom is -0.364 e. The van der Waals surface area contributed by atoms with E-state index in [0.29, 0.717) is 5.92 Å². The highest BCUT2D eigenvalue weighted by molar-refractivity contribution is 7.99. The summed E-state index contributed by atoms with van der Waals surface area (Å²) in [5.41, 5.74) is 3.61. The van der Waals surface area contributed by atoms with Crippen LogP contribution in [0.3, 0.4) is 0 Å². The first kappa shape index (κ1) is 22.9. The van der Waals surface area contributed by atoms with E-state index in [4.69, 9.17) is 4.99 Å². The van der Waals surface area contributed by atoms with Crippen LogP contribution in [0.25, 0.3) is 5.57 Å². The van der Waals surface area contributed by atoms with Crippen LogP contribution >= 0.6 is 11.8 Å². The smallest absolute Gasteiger partial charge is 0.0778 e. The van der Waals surface area contributed by atoms with Gasteiger partial charge in [-0.05, 0) is 67.7 Å². The maximum Gasteiger partial charge on any atom is 0.0778 e. The minimum absolute atomic E-state index is 0.490. The summed E-state index contributed by atoms with van der Waals surface area (Å²) in [4.78, 5) is 9.57. The molecule has 2 aromatic carbocycles. The van der Waals surface area contributed by atoms with Crippen molar-refractivity contribution >= 4 is 28.7 Å². The van der Waals surface area contributed by atoms with Gasteiger partial charge in [0.2, 0.25) is 0 Å². The first-order valence-electron chi connectivity index (χ1n) is 10.8. The molecule has 0 amide bonds. The van der Waals surface area contributed by atoms with E-state index >= 15 is 0 Å².